The van der Waals surface area contributed by atoms with Crippen LogP contribution in [-0.4, -0.2) is 28.4 Å². The average molecular weight is 252 g/mol. The molecular formula is C13H16O5. The lowest BCUT2D eigenvalue weighted by Gasteiger charge is -2.12. The second-order valence-corrected chi connectivity index (χ2v) is 4.09. The van der Waals surface area contributed by atoms with Gasteiger partial charge in [0, 0.05) is 11.6 Å². The number of allylic oxidation sites excluding steroid dienone is 2. The zero-order valence-corrected chi connectivity index (χ0v) is 10.5. The quantitative estimate of drug-likeness (QED) is 0.716. The molecule has 0 heterocycles. The van der Waals surface area contributed by atoms with Crippen LogP contribution in [0.5, 0.6) is 17.2 Å². The van der Waals surface area contributed by atoms with Crippen LogP contribution in [0.2, 0.25) is 0 Å². The number of ether oxygens (including phenoxy) is 1. The molecule has 0 fully saturated rings. The van der Waals surface area contributed by atoms with Gasteiger partial charge in [0.2, 0.25) is 0 Å². The molecule has 0 saturated carbocycles. The molecule has 0 aliphatic carbocycles. The van der Waals surface area contributed by atoms with E-state index in [0.717, 1.165) is 5.57 Å². The highest BCUT2D eigenvalue weighted by Crippen LogP contribution is 2.38. The third-order valence-corrected chi connectivity index (χ3v) is 2.49. The van der Waals surface area contributed by atoms with Crippen molar-refractivity contribution in [1.82, 2.24) is 0 Å². The molecule has 5 heteroatoms. The average Bonchev–Trinajstić information content (AvgIpc) is 2.26. The van der Waals surface area contributed by atoms with Gasteiger partial charge in [-0.05, 0) is 20.3 Å². The van der Waals surface area contributed by atoms with Crippen molar-refractivity contribution in [3.05, 3.63) is 28.8 Å². The summed E-state index contributed by atoms with van der Waals surface area (Å²) in [4.78, 5) is 11.1. The van der Waals surface area contributed by atoms with Crippen molar-refractivity contribution in [3.8, 4) is 17.2 Å². The van der Waals surface area contributed by atoms with E-state index in [4.69, 9.17) is 9.84 Å². The monoisotopic (exact) mass is 252 g/mol. The third kappa shape index (κ3) is 2.74. The number of phenolic OH excluding ortho intramolecular Hbond substituents is 1. The first-order valence-electron chi connectivity index (χ1n) is 5.37. The molecule has 0 amide bonds. The smallest absolute Gasteiger partial charge is 0.343 e. The molecule has 0 bridgehead atoms. The van der Waals surface area contributed by atoms with Crippen molar-refractivity contribution in [3.63, 3.8) is 0 Å². The summed E-state index contributed by atoms with van der Waals surface area (Å²) in [6.07, 6.45) is 2.04. The summed E-state index contributed by atoms with van der Waals surface area (Å²) in [7, 11) is 1.27. The number of carboxylic acid groups (broad SMARTS) is 1. The van der Waals surface area contributed by atoms with Crippen molar-refractivity contribution >= 4 is 5.97 Å². The highest BCUT2D eigenvalue weighted by atomic mass is 16.5. The standard InChI is InChI=1S/C13H16O5/c1-7(2)4-5-8-9(14)6-10(18-3)11(12(8)15)13(16)17/h4,6,14-15H,5H2,1-3H3,(H,16,17). The van der Waals surface area contributed by atoms with Crippen LogP contribution in [-0.2, 0) is 6.42 Å². The summed E-state index contributed by atoms with van der Waals surface area (Å²) >= 11 is 0. The summed E-state index contributed by atoms with van der Waals surface area (Å²) in [5, 5.41) is 28.7. The predicted molar refractivity (Wildman–Crippen MR) is 66.4 cm³/mol. The molecule has 0 aromatic heterocycles. The first kappa shape index (κ1) is 13.9. The van der Waals surface area contributed by atoms with Crippen molar-refractivity contribution in [1.29, 1.82) is 0 Å². The molecule has 0 atom stereocenters. The summed E-state index contributed by atoms with van der Waals surface area (Å²) < 4.78 is 4.83. The fourth-order valence-corrected chi connectivity index (χ4v) is 1.55. The van der Waals surface area contributed by atoms with E-state index in [-0.39, 0.29) is 29.0 Å². The Hall–Kier alpha value is -2.17. The predicted octanol–water partition coefficient (Wildman–Crippen LogP) is 2.31. The van der Waals surface area contributed by atoms with Crippen LogP contribution in [0.15, 0.2) is 17.7 Å². The zero-order valence-electron chi connectivity index (χ0n) is 10.5. The van der Waals surface area contributed by atoms with Gasteiger partial charge in [0.05, 0.1) is 7.11 Å². The van der Waals surface area contributed by atoms with Crippen molar-refractivity contribution in [2.75, 3.05) is 7.11 Å². The largest absolute Gasteiger partial charge is 0.507 e. The first-order valence-corrected chi connectivity index (χ1v) is 5.37. The van der Waals surface area contributed by atoms with E-state index in [1.165, 1.54) is 13.2 Å². The van der Waals surface area contributed by atoms with Crippen LogP contribution < -0.4 is 4.74 Å². The molecule has 3 N–H and O–H groups in total. The number of hydrogen-bond donors (Lipinski definition) is 3. The van der Waals surface area contributed by atoms with Crippen molar-refractivity contribution < 1.29 is 24.9 Å². The van der Waals surface area contributed by atoms with Crippen molar-refractivity contribution in [2.24, 2.45) is 0 Å². The molecule has 0 aliphatic rings. The number of benzene rings is 1. The lowest BCUT2D eigenvalue weighted by molar-refractivity contribution is 0.0689. The number of hydrogen-bond acceptors (Lipinski definition) is 4. The third-order valence-electron chi connectivity index (χ3n) is 2.49. The number of phenols is 2. The minimum Gasteiger partial charge on any atom is -0.507 e. The lowest BCUT2D eigenvalue weighted by atomic mass is 10.0. The summed E-state index contributed by atoms with van der Waals surface area (Å²) in [6, 6.07) is 1.19. The van der Waals surface area contributed by atoms with E-state index < -0.39 is 11.7 Å². The van der Waals surface area contributed by atoms with Gasteiger partial charge in [0.15, 0.2) is 0 Å². The summed E-state index contributed by atoms with van der Waals surface area (Å²) in [5.74, 6) is -2.02. The highest BCUT2D eigenvalue weighted by molar-refractivity contribution is 5.95. The molecule has 0 spiro atoms. The van der Waals surface area contributed by atoms with Gasteiger partial charge in [-0.2, -0.15) is 0 Å². The number of methoxy groups -OCH3 is 1. The molecule has 0 radical (unpaired) electrons. The van der Waals surface area contributed by atoms with Gasteiger partial charge >= 0.3 is 5.97 Å². The Labute approximate surface area is 105 Å². The van der Waals surface area contributed by atoms with Gasteiger partial charge in [0.25, 0.3) is 0 Å². The number of rotatable bonds is 4. The Bertz CT molecular complexity index is 499. The van der Waals surface area contributed by atoms with Crippen molar-refractivity contribution in [2.45, 2.75) is 20.3 Å². The molecule has 98 valence electrons. The van der Waals surface area contributed by atoms with E-state index in [1.807, 2.05) is 13.8 Å². The minimum atomic E-state index is -1.30. The Kier molecular flexibility index (Phi) is 4.20. The maximum absolute atomic E-state index is 11.1. The molecule has 18 heavy (non-hydrogen) atoms. The fourth-order valence-electron chi connectivity index (χ4n) is 1.55. The Morgan fingerprint density at radius 1 is 1.39 bits per heavy atom. The molecule has 1 aromatic rings. The minimum absolute atomic E-state index is 0.0709. The SMILES string of the molecule is COc1cc(O)c(CC=C(C)C)c(O)c1C(=O)O. The zero-order chi connectivity index (χ0) is 13.9. The number of aromatic hydroxyl groups is 2. The molecule has 0 saturated heterocycles. The van der Waals surface area contributed by atoms with Crippen LogP contribution in [0, 0.1) is 0 Å². The summed E-state index contributed by atoms with van der Waals surface area (Å²) in [5.41, 5.74) is 0.836. The normalized spacial score (nSPS) is 9.94. The van der Waals surface area contributed by atoms with Gasteiger partial charge in [-0.15, -0.1) is 0 Å². The van der Waals surface area contributed by atoms with E-state index in [9.17, 15) is 15.0 Å². The molecular weight excluding hydrogens is 236 g/mol. The van der Waals surface area contributed by atoms with Gasteiger partial charge in [-0.25, -0.2) is 4.79 Å². The van der Waals surface area contributed by atoms with E-state index in [1.54, 1.807) is 6.08 Å². The van der Waals surface area contributed by atoms with Gasteiger partial charge < -0.3 is 20.1 Å². The van der Waals surface area contributed by atoms with Crippen LogP contribution in [0.25, 0.3) is 0 Å². The number of carboxylic acids is 1. The van der Waals surface area contributed by atoms with Crippen LogP contribution in [0.4, 0.5) is 0 Å². The summed E-state index contributed by atoms with van der Waals surface area (Å²) in [6.45, 7) is 3.74. The fraction of sp³-hybridized carbons (Fsp3) is 0.308. The highest BCUT2D eigenvalue weighted by Gasteiger charge is 2.22. The van der Waals surface area contributed by atoms with Crippen LogP contribution in [0.1, 0.15) is 29.8 Å². The van der Waals surface area contributed by atoms with Gasteiger partial charge in [-0.3, -0.25) is 0 Å². The number of aromatic carboxylic acids is 1. The Balaban J connectivity index is 3.40. The van der Waals surface area contributed by atoms with Gasteiger partial charge in [0.1, 0.15) is 22.8 Å². The first-order chi connectivity index (χ1) is 8.38. The molecule has 0 unspecified atom stereocenters. The van der Waals surface area contributed by atoms with Crippen LogP contribution in [0.3, 0.4) is 0 Å². The number of carbonyl (C=O) groups is 1. The van der Waals surface area contributed by atoms with Crippen LogP contribution >= 0.6 is 0 Å². The Morgan fingerprint density at radius 2 is 2.00 bits per heavy atom. The second kappa shape index (κ2) is 5.44. The maximum Gasteiger partial charge on any atom is 0.343 e. The Morgan fingerprint density at radius 3 is 2.44 bits per heavy atom. The maximum atomic E-state index is 11.1. The van der Waals surface area contributed by atoms with E-state index in [2.05, 4.69) is 0 Å². The topological polar surface area (TPSA) is 87.0 Å². The molecule has 0 aliphatic heterocycles. The van der Waals surface area contributed by atoms with E-state index >= 15 is 0 Å². The molecule has 5 nitrogen and oxygen atoms in total. The molecule has 1 aromatic carbocycles. The van der Waals surface area contributed by atoms with Gasteiger partial charge in [-0.1, -0.05) is 11.6 Å². The van der Waals surface area contributed by atoms with E-state index in [0.29, 0.717) is 0 Å². The molecule has 1 rings (SSSR count). The second-order valence-electron chi connectivity index (χ2n) is 4.09. The lowest BCUT2D eigenvalue weighted by Crippen LogP contribution is -2.03.